The van der Waals surface area contributed by atoms with Crippen LogP contribution in [0.4, 0.5) is 5.69 Å². The summed E-state index contributed by atoms with van der Waals surface area (Å²) < 4.78 is -0.755. The molecule has 0 aliphatic carbocycles. The number of amides is 2. The first-order chi connectivity index (χ1) is 16.7. The molecule has 3 aliphatic heterocycles. The lowest BCUT2D eigenvalue weighted by Gasteiger charge is -2.40. The fourth-order valence-electron chi connectivity index (χ4n) is 6.69. The van der Waals surface area contributed by atoms with Crippen molar-refractivity contribution >= 4 is 35.2 Å². The van der Waals surface area contributed by atoms with E-state index in [2.05, 4.69) is 13.5 Å². The number of aliphatic hydroxyl groups excluding tert-OH is 1. The fraction of sp³-hybridized carbons (Fsp3) is 0.593. The highest BCUT2D eigenvalue weighted by Crippen LogP contribution is 2.68. The van der Waals surface area contributed by atoms with Gasteiger partial charge in [0, 0.05) is 30.6 Å². The number of aryl methyl sites for hydroxylation is 2. The number of carboxylic acid groups (broad SMARTS) is 1. The number of para-hydroxylation sites is 1. The van der Waals surface area contributed by atoms with E-state index < -0.39 is 28.6 Å². The molecule has 2 N–H and O–H groups in total. The quantitative estimate of drug-likeness (QED) is 0.377. The lowest BCUT2D eigenvalue weighted by Crippen LogP contribution is -2.57. The van der Waals surface area contributed by atoms with Gasteiger partial charge in [0.05, 0.1) is 16.6 Å². The monoisotopic (exact) mass is 500 g/mol. The van der Waals surface area contributed by atoms with Gasteiger partial charge in [0.15, 0.2) is 0 Å². The summed E-state index contributed by atoms with van der Waals surface area (Å²) in [5.41, 5.74) is 2.76. The maximum absolute atomic E-state index is 14.5. The Bertz CT molecular complexity index is 1010. The van der Waals surface area contributed by atoms with E-state index in [9.17, 15) is 24.6 Å². The molecule has 3 unspecified atom stereocenters. The van der Waals surface area contributed by atoms with Crippen LogP contribution < -0.4 is 4.90 Å². The van der Waals surface area contributed by atoms with E-state index in [-0.39, 0.29) is 29.6 Å². The Morgan fingerprint density at radius 1 is 1.26 bits per heavy atom. The fourth-order valence-corrected chi connectivity index (χ4v) is 9.10. The highest BCUT2D eigenvalue weighted by molar-refractivity contribution is 8.02. The molecule has 3 fully saturated rings. The number of hydrogen-bond acceptors (Lipinski definition) is 5. The zero-order chi connectivity index (χ0) is 25.5. The van der Waals surface area contributed by atoms with Crippen LogP contribution in [0.1, 0.15) is 43.7 Å². The van der Waals surface area contributed by atoms with Crippen LogP contribution in [0.25, 0.3) is 0 Å². The second-order valence-corrected chi connectivity index (χ2v) is 11.7. The number of anilines is 1. The Balaban J connectivity index is 1.80. The number of thioether (sulfide) groups is 1. The standard InChI is InChI=1S/C27H36N2O5S/c1-5-12-28(22-16(2)10-9-11-17(22)3)25(32)23-27-18(4)15-19(35-27)20(26(33)34)21(27)24(31)29(23)13-7-6-8-14-30/h5,9-11,18-21,23,30H,1,6-8,12-15H2,2-4H3,(H,33,34)/t18?,19-,20+,21+,23?,27?/m1/s1. The average molecular weight is 501 g/mol. The lowest BCUT2D eigenvalue weighted by molar-refractivity contribution is -0.149. The molecule has 35 heavy (non-hydrogen) atoms. The minimum absolute atomic E-state index is 0.0435. The maximum Gasteiger partial charge on any atom is 0.308 e. The van der Waals surface area contributed by atoms with Crippen LogP contribution >= 0.6 is 11.8 Å². The molecule has 1 spiro atoms. The van der Waals surface area contributed by atoms with Crippen molar-refractivity contribution in [3.8, 4) is 0 Å². The maximum atomic E-state index is 14.5. The number of likely N-dealkylation sites (tertiary alicyclic amines) is 1. The highest BCUT2D eigenvalue weighted by Gasteiger charge is 2.76. The molecule has 6 atom stereocenters. The topological polar surface area (TPSA) is 98.2 Å². The molecule has 2 amide bonds. The zero-order valence-corrected chi connectivity index (χ0v) is 21.6. The molecule has 0 radical (unpaired) electrons. The summed E-state index contributed by atoms with van der Waals surface area (Å²) in [6, 6.07) is 5.17. The van der Waals surface area contributed by atoms with Gasteiger partial charge in [-0.25, -0.2) is 0 Å². The summed E-state index contributed by atoms with van der Waals surface area (Å²) >= 11 is 1.56. The first kappa shape index (κ1) is 25.8. The Hall–Kier alpha value is -2.32. The van der Waals surface area contributed by atoms with Crippen LogP contribution in [0, 0.1) is 31.6 Å². The second-order valence-electron chi connectivity index (χ2n) is 10.2. The first-order valence-electron chi connectivity index (χ1n) is 12.5. The number of unbranched alkanes of at least 4 members (excludes halogenated alkanes) is 2. The van der Waals surface area contributed by atoms with Gasteiger partial charge in [-0.15, -0.1) is 18.3 Å². The van der Waals surface area contributed by atoms with Gasteiger partial charge in [0.2, 0.25) is 5.91 Å². The van der Waals surface area contributed by atoms with Crippen LogP contribution in [0.5, 0.6) is 0 Å². The van der Waals surface area contributed by atoms with Gasteiger partial charge >= 0.3 is 5.97 Å². The molecule has 2 bridgehead atoms. The predicted molar refractivity (Wildman–Crippen MR) is 137 cm³/mol. The molecule has 0 aromatic heterocycles. The number of fused-ring (bicyclic) bond motifs is 1. The summed E-state index contributed by atoms with van der Waals surface area (Å²) in [7, 11) is 0. The van der Waals surface area contributed by atoms with E-state index in [1.165, 1.54) is 0 Å². The van der Waals surface area contributed by atoms with Gasteiger partial charge in [-0.05, 0) is 56.6 Å². The molecule has 0 saturated carbocycles. The van der Waals surface area contributed by atoms with Gasteiger partial charge < -0.3 is 20.0 Å². The molecule has 8 heteroatoms. The van der Waals surface area contributed by atoms with Crippen LogP contribution in [0.15, 0.2) is 30.9 Å². The van der Waals surface area contributed by atoms with Crippen molar-refractivity contribution in [2.24, 2.45) is 17.8 Å². The first-order valence-corrected chi connectivity index (χ1v) is 13.4. The van der Waals surface area contributed by atoms with Gasteiger partial charge in [-0.3, -0.25) is 14.4 Å². The number of aliphatic hydroxyl groups is 1. The van der Waals surface area contributed by atoms with E-state index in [0.717, 1.165) is 23.2 Å². The van der Waals surface area contributed by atoms with Gasteiger partial charge in [0.25, 0.3) is 5.91 Å². The number of nitrogens with zero attached hydrogens (tertiary/aromatic N) is 2. The van der Waals surface area contributed by atoms with E-state index in [1.807, 2.05) is 32.0 Å². The Labute approximate surface area is 211 Å². The van der Waals surface area contributed by atoms with E-state index in [4.69, 9.17) is 0 Å². The normalized spacial score (nSPS) is 31.0. The number of aliphatic carboxylic acids is 1. The molecule has 3 saturated heterocycles. The van der Waals surface area contributed by atoms with Crippen molar-refractivity contribution in [3.05, 3.63) is 42.0 Å². The highest BCUT2D eigenvalue weighted by atomic mass is 32.2. The van der Waals surface area contributed by atoms with Crippen LogP contribution in [0.3, 0.4) is 0 Å². The Kier molecular flexibility index (Phi) is 7.34. The number of rotatable bonds is 10. The number of carbonyl (C=O) groups is 3. The molecule has 3 aliphatic rings. The third-order valence-corrected chi connectivity index (χ3v) is 10.2. The van der Waals surface area contributed by atoms with Crippen molar-refractivity contribution in [2.45, 2.75) is 62.5 Å². The summed E-state index contributed by atoms with van der Waals surface area (Å²) in [6.07, 6.45) is 4.41. The predicted octanol–water partition coefficient (Wildman–Crippen LogP) is 3.41. The minimum atomic E-state index is -0.944. The number of carboxylic acids is 1. The van der Waals surface area contributed by atoms with Gasteiger partial charge in [-0.2, -0.15) is 0 Å². The molecule has 190 valence electrons. The summed E-state index contributed by atoms with van der Waals surface area (Å²) in [4.78, 5) is 44.1. The van der Waals surface area contributed by atoms with E-state index in [1.54, 1.807) is 27.6 Å². The smallest absolute Gasteiger partial charge is 0.308 e. The largest absolute Gasteiger partial charge is 0.481 e. The van der Waals surface area contributed by atoms with Crippen molar-refractivity contribution in [1.29, 1.82) is 0 Å². The molecule has 4 rings (SSSR count). The third kappa shape index (κ3) is 3.99. The van der Waals surface area contributed by atoms with Crippen molar-refractivity contribution in [3.63, 3.8) is 0 Å². The van der Waals surface area contributed by atoms with E-state index in [0.29, 0.717) is 32.4 Å². The summed E-state index contributed by atoms with van der Waals surface area (Å²) in [6.45, 7) is 10.7. The number of carbonyl (C=O) groups excluding carboxylic acids is 2. The Morgan fingerprint density at radius 3 is 2.54 bits per heavy atom. The van der Waals surface area contributed by atoms with Crippen LogP contribution in [0.2, 0.25) is 0 Å². The molecule has 1 aromatic carbocycles. The lowest BCUT2D eigenvalue weighted by atomic mass is 9.66. The number of benzene rings is 1. The van der Waals surface area contributed by atoms with Crippen molar-refractivity contribution in [1.82, 2.24) is 4.90 Å². The molecular formula is C27H36N2O5S. The average Bonchev–Trinajstić information content (AvgIpc) is 3.39. The van der Waals surface area contributed by atoms with Crippen molar-refractivity contribution < 1.29 is 24.6 Å². The summed E-state index contributed by atoms with van der Waals surface area (Å²) in [5, 5.41) is 19.1. The third-order valence-electron chi connectivity index (χ3n) is 8.11. The van der Waals surface area contributed by atoms with Crippen molar-refractivity contribution in [2.75, 3.05) is 24.6 Å². The Morgan fingerprint density at radius 2 is 1.94 bits per heavy atom. The molecule has 7 nitrogen and oxygen atoms in total. The van der Waals surface area contributed by atoms with Crippen LogP contribution in [-0.4, -0.2) is 68.6 Å². The SMILES string of the molecule is C=CCN(C(=O)C1N(CCCCCO)C(=O)[C@@H]2[C@@H](C(=O)O)[C@H]3CC(C)C12S3)c1c(C)cccc1C. The zero-order valence-electron chi connectivity index (χ0n) is 20.8. The minimum Gasteiger partial charge on any atom is -0.481 e. The molecular weight excluding hydrogens is 464 g/mol. The molecule has 3 heterocycles. The van der Waals surface area contributed by atoms with Gasteiger partial charge in [-0.1, -0.05) is 31.2 Å². The summed E-state index contributed by atoms with van der Waals surface area (Å²) in [5.74, 6) is -2.74. The van der Waals surface area contributed by atoms with Gasteiger partial charge in [0.1, 0.15) is 6.04 Å². The second kappa shape index (κ2) is 9.97. The molecule has 1 aromatic rings. The van der Waals surface area contributed by atoms with E-state index >= 15 is 0 Å². The van der Waals surface area contributed by atoms with Crippen LogP contribution in [-0.2, 0) is 14.4 Å². The number of hydrogen-bond donors (Lipinski definition) is 2.